The number of hydrogen-bond donors (Lipinski definition) is 1. The molecule has 2 aromatic carbocycles. The fourth-order valence-corrected chi connectivity index (χ4v) is 2.33. The van der Waals surface area contributed by atoms with Gasteiger partial charge in [0.05, 0.1) is 5.56 Å². The van der Waals surface area contributed by atoms with E-state index in [2.05, 4.69) is 22.0 Å². The second-order valence-corrected chi connectivity index (χ2v) is 4.83. The SMILES string of the molecule is N#Cc1ccccc1OC(CN)c1ccccc1Br. The zero-order valence-electron chi connectivity index (χ0n) is 10.2. The van der Waals surface area contributed by atoms with Crippen molar-refractivity contribution in [3.63, 3.8) is 0 Å². The molecule has 0 fully saturated rings. The Hall–Kier alpha value is -1.83. The highest BCUT2D eigenvalue weighted by Crippen LogP contribution is 2.28. The molecule has 2 N–H and O–H groups in total. The van der Waals surface area contributed by atoms with Crippen LogP contribution in [0.25, 0.3) is 0 Å². The Bertz CT molecular complexity index is 607. The van der Waals surface area contributed by atoms with Gasteiger partial charge in [-0.05, 0) is 18.2 Å². The minimum Gasteiger partial charge on any atom is -0.483 e. The lowest BCUT2D eigenvalue weighted by Crippen LogP contribution is -2.19. The predicted octanol–water partition coefficient (Wildman–Crippen LogP) is 3.40. The van der Waals surface area contributed by atoms with Crippen molar-refractivity contribution in [2.24, 2.45) is 5.73 Å². The molecule has 0 saturated heterocycles. The average Bonchev–Trinajstić information content (AvgIpc) is 2.46. The van der Waals surface area contributed by atoms with Crippen molar-refractivity contribution in [1.29, 1.82) is 5.26 Å². The Balaban J connectivity index is 2.30. The summed E-state index contributed by atoms with van der Waals surface area (Å²) in [5, 5.41) is 9.06. The minimum absolute atomic E-state index is 0.287. The Morgan fingerprint density at radius 3 is 2.53 bits per heavy atom. The number of halogens is 1. The van der Waals surface area contributed by atoms with Crippen LogP contribution in [0.15, 0.2) is 53.0 Å². The van der Waals surface area contributed by atoms with Gasteiger partial charge in [-0.1, -0.05) is 46.3 Å². The number of para-hydroxylation sites is 1. The molecular weight excluding hydrogens is 304 g/mol. The Kier molecular flexibility index (Phi) is 4.56. The molecule has 0 bridgehead atoms. The highest BCUT2D eigenvalue weighted by Gasteiger charge is 2.15. The van der Waals surface area contributed by atoms with Crippen molar-refractivity contribution < 1.29 is 4.74 Å². The number of ether oxygens (including phenoxy) is 1. The van der Waals surface area contributed by atoms with Gasteiger partial charge in [-0.25, -0.2) is 0 Å². The number of nitriles is 1. The molecule has 0 saturated carbocycles. The smallest absolute Gasteiger partial charge is 0.138 e. The van der Waals surface area contributed by atoms with Crippen LogP contribution in [0.5, 0.6) is 5.75 Å². The van der Waals surface area contributed by atoms with Gasteiger partial charge in [0.1, 0.15) is 17.9 Å². The molecule has 96 valence electrons. The molecule has 4 heteroatoms. The van der Waals surface area contributed by atoms with Crippen molar-refractivity contribution in [3.05, 3.63) is 64.1 Å². The van der Waals surface area contributed by atoms with E-state index in [9.17, 15) is 0 Å². The summed E-state index contributed by atoms with van der Waals surface area (Å²) in [6.45, 7) is 0.336. The largest absolute Gasteiger partial charge is 0.483 e. The second kappa shape index (κ2) is 6.37. The van der Waals surface area contributed by atoms with Gasteiger partial charge in [0.25, 0.3) is 0 Å². The standard InChI is InChI=1S/C15H13BrN2O/c16-13-7-3-2-6-12(13)15(10-18)19-14-8-4-1-5-11(14)9-17/h1-8,15H,10,18H2. The van der Waals surface area contributed by atoms with Crippen molar-refractivity contribution in [2.75, 3.05) is 6.54 Å². The molecule has 19 heavy (non-hydrogen) atoms. The van der Waals surface area contributed by atoms with E-state index >= 15 is 0 Å². The summed E-state index contributed by atoms with van der Waals surface area (Å²) >= 11 is 3.49. The summed E-state index contributed by atoms with van der Waals surface area (Å²) in [6, 6.07) is 17.0. The fraction of sp³-hybridized carbons (Fsp3) is 0.133. The summed E-state index contributed by atoms with van der Waals surface area (Å²) in [6.07, 6.45) is -0.287. The first-order valence-electron chi connectivity index (χ1n) is 5.86. The quantitative estimate of drug-likeness (QED) is 0.940. The van der Waals surface area contributed by atoms with E-state index in [0.717, 1.165) is 10.0 Å². The highest BCUT2D eigenvalue weighted by atomic mass is 79.9. The highest BCUT2D eigenvalue weighted by molar-refractivity contribution is 9.10. The van der Waals surface area contributed by atoms with Gasteiger partial charge < -0.3 is 10.5 Å². The van der Waals surface area contributed by atoms with E-state index < -0.39 is 0 Å². The minimum atomic E-state index is -0.287. The lowest BCUT2D eigenvalue weighted by Gasteiger charge is -2.19. The first-order valence-corrected chi connectivity index (χ1v) is 6.66. The Labute approximate surface area is 120 Å². The zero-order chi connectivity index (χ0) is 13.7. The van der Waals surface area contributed by atoms with Gasteiger partial charge >= 0.3 is 0 Å². The van der Waals surface area contributed by atoms with E-state index in [1.807, 2.05) is 30.3 Å². The molecule has 0 radical (unpaired) electrons. The van der Waals surface area contributed by atoms with Crippen LogP contribution in [0.3, 0.4) is 0 Å². The molecule has 0 aliphatic rings. The molecule has 2 rings (SSSR count). The lowest BCUT2D eigenvalue weighted by molar-refractivity contribution is 0.213. The maximum absolute atomic E-state index is 9.06. The Morgan fingerprint density at radius 2 is 1.84 bits per heavy atom. The van der Waals surface area contributed by atoms with Crippen LogP contribution >= 0.6 is 15.9 Å². The molecule has 2 aromatic rings. The Morgan fingerprint density at radius 1 is 1.16 bits per heavy atom. The molecule has 0 heterocycles. The van der Waals surface area contributed by atoms with Crippen LogP contribution in [0.4, 0.5) is 0 Å². The van der Waals surface area contributed by atoms with E-state index in [1.54, 1.807) is 18.2 Å². The summed E-state index contributed by atoms with van der Waals surface area (Å²) in [5.41, 5.74) is 7.26. The number of benzene rings is 2. The zero-order valence-corrected chi connectivity index (χ0v) is 11.8. The van der Waals surface area contributed by atoms with Crippen molar-refractivity contribution in [2.45, 2.75) is 6.10 Å². The number of hydrogen-bond acceptors (Lipinski definition) is 3. The van der Waals surface area contributed by atoms with Gasteiger partial charge in [0.15, 0.2) is 0 Å². The summed E-state index contributed by atoms with van der Waals surface area (Å²) in [5.74, 6) is 0.552. The molecule has 0 spiro atoms. The molecule has 0 amide bonds. The van der Waals surface area contributed by atoms with E-state index in [0.29, 0.717) is 17.9 Å². The van der Waals surface area contributed by atoms with E-state index in [1.165, 1.54) is 0 Å². The van der Waals surface area contributed by atoms with Crippen LogP contribution in [0.1, 0.15) is 17.2 Å². The third-order valence-electron chi connectivity index (χ3n) is 2.74. The first-order chi connectivity index (χ1) is 9.26. The third kappa shape index (κ3) is 3.14. The average molecular weight is 317 g/mol. The van der Waals surface area contributed by atoms with Gasteiger partial charge in [0.2, 0.25) is 0 Å². The van der Waals surface area contributed by atoms with Gasteiger partial charge in [0, 0.05) is 16.6 Å². The summed E-state index contributed by atoms with van der Waals surface area (Å²) in [7, 11) is 0. The van der Waals surface area contributed by atoms with E-state index in [4.69, 9.17) is 15.7 Å². The summed E-state index contributed by atoms with van der Waals surface area (Å²) in [4.78, 5) is 0. The van der Waals surface area contributed by atoms with Crippen LogP contribution < -0.4 is 10.5 Å². The topological polar surface area (TPSA) is 59.0 Å². The number of nitrogens with zero attached hydrogens (tertiary/aromatic N) is 1. The molecule has 1 unspecified atom stereocenters. The van der Waals surface area contributed by atoms with Gasteiger partial charge in [-0.3, -0.25) is 0 Å². The van der Waals surface area contributed by atoms with Crippen LogP contribution in [0, 0.1) is 11.3 Å². The fourth-order valence-electron chi connectivity index (χ4n) is 1.79. The van der Waals surface area contributed by atoms with Crippen molar-refractivity contribution >= 4 is 15.9 Å². The van der Waals surface area contributed by atoms with Crippen LogP contribution in [0.2, 0.25) is 0 Å². The maximum atomic E-state index is 9.06. The monoisotopic (exact) mass is 316 g/mol. The predicted molar refractivity (Wildman–Crippen MR) is 77.7 cm³/mol. The van der Waals surface area contributed by atoms with Gasteiger partial charge in [-0.2, -0.15) is 5.26 Å². The maximum Gasteiger partial charge on any atom is 0.138 e. The number of nitrogens with two attached hydrogens (primary N) is 1. The van der Waals surface area contributed by atoms with Crippen LogP contribution in [-0.4, -0.2) is 6.54 Å². The summed E-state index contributed by atoms with van der Waals surface area (Å²) < 4.78 is 6.82. The lowest BCUT2D eigenvalue weighted by atomic mass is 10.1. The molecule has 0 aromatic heterocycles. The first kappa shape index (κ1) is 13.6. The molecular formula is C15H13BrN2O. The van der Waals surface area contributed by atoms with Crippen molar-refractivity contribution in [3.8, 4) is 11.8 Å². The second-order valence-electron chi connectivity index (χ2n) is 3.97. The molecule has 0 aliphatic heterocycles. The van der Waals surface area contributed by atoms with Gasteiger partial charge in [-0.15, -0.1) is 0 Å². The van der Waals surface area contributed by atoms with Crippen molar-refractivity contribution in [1.82, 2.24) is 0 Å². The number of rotatable bonds is 4. The molecule has 3 nitrogen and oxygen atoms in total. The molecule has 1 atom stereocenters. The third-order valence-corrected chi connectivity index (χ3v) is 3.47. The molecule has 0 aliphatic carbocycles. The normalized spacial score (nSPS) is 11.6. The van der Waals surface area contributed by atoms with E-state index in [-0.39, 0.29) is 6.10 Å². The van der Waals surface area contributed by atoms with Crippen LogP contribution in [-0.2, 0) is 0 Å².